The summed E-state index contributed by atoms with van der Waals surface area (Å²) in [6.07, 6.45) is 8.68. The van der Waals surface area contributed by atoms with Crippen molar-refractivity contribution in [3.8, 4) is 11.5 Å². The lowest BCUT2D eigenvalue weighted by Gasteiger charge is -2.24. The van der Waals surface area contributed by atoms with Gasteiger partial charge in [0.1, 0.15) is 16.9 Å². The fraction of sp³-hybridized carbons (Fsp3) is 0.419. The van der Waals surface area contributed by atoms with Gasteiger partial charge in [-0.1, -0.05) is 57.5 Å². The second-order valence-corrected chi connectivity index (χ2v) is 10.4. The highest BCUT2D eigenvalue weighted by Crippen LogP contribution is 2.33. The first-order valence-electron chi connectivity index (χ1n) is 13.6. The molecular formula is C31H36O8S. The van der Waals surface area contributed by atoms with Crippen molar-refractivity contribution in [2.45, 2.75) is 71.8 Å². The lowest BCUT2D eigenvalue weighted by molar-refractivity contribution is 0.0656. The number of aromatic carboxylic acids is 1. The molecule has 2 atom stereocenters. The highest BCUT2D eigenvalue weighted by molar-refractivity contribution is 7.81. The standard InChI is InChI=1S/C31H36O8S/c1-4-6-11-24(33)21(23-15-19(40)16-27-29(23)25(34)17-28(39-27)31(36)37)10-7-8-14-38-26-13-12-20(18(3)32)30(35)22(26)9-5-2/h7,10,12-13,16-17,21,24,33,35H,4-6,8-9,11,14-15H2,1-3H3,(H,36,37)/b10-7-/t21-,24+/m0/s1. The van der Waals surface area contributed by atoms with Gasteiger partial charge >= 0.3 is 5.97 Å². The van der Waals surface area contributed by atoms with Gasteiger partial charge in [0.05, 0.1) is 23.5 Å². The van der Waals surface area contributed by atoms with Gasteiger partial charge in [-0.05, 0) is 50.0 Å². The number of carboxylic acid groups (broad SMARTS) is 1. The minimum Gasteiger partial charge on any atom is -0.507 e. The van der Waals surface area contributed by atoms with Crippen molar-refractivity contribution in [3.05, 3.63) is 68.1 Å². The number of carboxylic acids is 1. The molecule has 214 valence electrons. The number of ketones is 1. The molecule has 9 heteroatoms. The topological polar surface area (TPSA) is 134 Å². The van der Waals surface area contributed by atoms with E-state index < -0.39 is 29.2 Å². The van der Waals surface area contributed by atoms with Gasteiger partial charge in [0.25, 0.3) is 0 Å². The summed E-state index contributed by atoms with van der Waals surface area (Å²) in [4.78, 5) is 36.7. The maximum absolute atomic E-state index is 13.0. The third kappa shape index (κ3) is 7.34. The van der Waals surface area contributed by atoms with Gasteiger partial charge in [-0.2, -0.15) is 0 Å². The molecule has 1 aromatic carbocycles. The number of hydrogen-bond donors (Lipinski definition) is 3. The van der Waals surface area contributed by atoms with Crippen molar-refractivity contribution < 1.29 is 34.1 Å². The molecule has 0 unspecified atom stereocenters. The molecule has 1 heterocycles. The van der Waals surface area contributed by atoms with E-state index in [0.29, 0.717) is 41.0 Å². The molecule has 1 aromatic heterocycles. The number of fused-ring (bicyclic) bond motifs is 1. The highest BCUT2D eigenvalue weighted by Gasteiger charge is 2.26. The van der Waals surface area contributed by atoms with Crippen LogP contribution in [-0.2, 0) is 6.42 Å². The lowest BCUT2D eigenvalue weighted by atomic mass is 9.84. The molecule has 0 aliphatic heterocycles. The predicted molar refractivity (Wildman–Crippen MR) is 157 cm³/mol. The van der Waals surface area contributed by atoms with Crippen molar-refractivity contribution in [2.75, 3.05) is 6.61 Å². The third-order valence-corrected chi connectivity index (χ3v) is 7.10. The predicted octanol–water partition coefficient (Wildman–Crippen LogP) is 4.10. The Hall–Kier alpha value is -3.56. The molecule has 2 aromatic rings. The summed E-state index contributed by atoms with van der Waals surface area (Å²) in [5.74, 6) is -2.11. The fourth-order valence-corrected chi connectivity index (χ4v) is 5.13. The molecule has 0 fully saturated rings. The van der Waals surface area contributed by atoms with Crippen molar-refractivity contribution in [1.29, 1.82) is 0 Å². The van der Waals surface area contributed by atoms with E-state index in [-0.39, 0.29) is 40.8 Å². The molecule has 1 aliphatic rings. The van der Waals surface area contributed by atoms with Crippen LogP contribution in [-0.4, -0.2) is 44.6 Å². The van der Waals surface area contributed by atoms with Crippen molar-refractivity contribution in [3.63, 3.8) is 0 Å². The van der Waals surface area contributed by atoms with Crippen LogP contribution in [0.5, 0.6) is 11.5 Å². The van der Waals surface area contributed by atoms with Gasteiger partial charge in [-0.25, -0.2) is 4.79 Å². The van der Waals surface area contributed by atoms with E-state index in [9.17, 15) is 29.7 Å². The lowest BCUT2D eigenvalue weighted by Crippen LogP contribution is -2.46. The quantitative estimate of drug-likeness (QED) is 0.133. The maximum Gasteiger partial charge on any atom is 0.371 e. The number of ether oxygens (including phenoxy) is 1. The number of aromatic hydroxyl groups is 1. The normalized spacial score (nSPS) is 14.5. The van der Waals surface area contributed by atoms with Crippen LogP contribution in [0, 0.1) is 5.92 Å². The Labute approximate surface area is 238 Å². The van der Waals surface area contributed by atoms with Crippen molar-refractivity contribution in [2.24, 2.45) is 5.92 Å². The number of aliphatic hydroxyl groups is 1. The zero-order chi connectivity index (χ0) is 29.4. The first-order valence-corrected chi connectivity index (χ1v) is 14.0. The SMILES string of the molecule is CCCC[C@@H](O)[C@@H](/C=C\CCOc1ccc(C(C)=O)c(O)c1CCC)C1=c2c(=O)cc(C(=O)O)oc2=CC(=S)C1. The Balaban J connectivity index is 1.90. The van der Waals surface area contributed by atoms with Crippen LogP contribution in [0.15, 0.2) is 39.6 Å². The summed E-state index contributed by atoms with van der Waals surface area (Å²) in [5, 5.41) is 31.2. The number of carbonyl (C=O) groups excluding carboxylic acids is 1. The van der Waals surface area contributed by atoms with Gasteiger partial charge in [0, 0.05) is 28.8 Å². The van der Waals surface area contributed by atoms with E-state index in [1.165, 1.54) is 13.0 Å². The third-order valence-electron chi connectivity index (χ3n) is 6.84. The van der Waals surface area contributed by atoms with Crippen LogP contribution < -0.4 is 20.8 Å². The molecular weight excluding hydrogens is 532 g/mol. The number of carbonyl (C=O) groups is 2. The van der Waals surface area contributed by atoms with E-state index in [2.05, 4.69) is 0 Å². The van der Waals surface area contributed by atoms with Crippen LogP contribution in [0.25, 0.3) is 11.6 Å². The van der Waals surface area contributed by atoms with Crippen molar-refractivity contribution in [1.82, 2.24) is 0 Å². The van der Waals surface area contributed by atoms with E-state index >= 15 is 0 Å². The minimum absolute atomic E-state index is 0.0495. The van der Waals surface area contributed by atoms with E-state index in [4.69, 9.17) is 21.4 Å². The number of hydrogen-bond acceptors (Lipinski definition) is 8. The maximum atomic E-state index is 13.0. The van der Waals surface area contributed by atoms with Crippen LogP contribution in [0.2, 0.25) is 0 Å². The van der Waals surface area contributed by atoms with Crippen LogP contribution >= 0.6 is 12.2 Å². The second kappa shape index (κ2) is 14.2. The molecule has 3 rings (SSSR count). The second-order valence-electron chi connectivity index (χ2n) is 9.88. The number of rotatable bonds is 14. The Kier molecular flexibility index (Phi) is 11.0. The molecule has 1 aliphatic carbocycles. The smallest absolute Gasteiger partial charge is 0.371 e. The summed E-state index contributed by atoms with van der Waals surface area (Å²) in [5.41, 5.74) is 1.06. The Bertz CT molecular complexity index is 1480. The summed E-state index contributed by atoms with van der Waals surface area (Å²) >= 11 is 5.43. The van der Waals surface area contributed by atoms with Gasteiger partial charge in [-0.3, -0.25) is 9.59 Å². The number of phenolic OH excluding ortho intramolecular Hbond substituents is 1. The fourth-order valence-electron chi connectivity index (χ4n) is 4.87. The molecule has 0 saturated carbocycles. The number of benzene rings is 1. The van der Waals surface area contributed by atoms with Gasteiger partial charge in [-0.15, -0.1) is 0 Å². The van der Waals surface area contributed by atoms with E-state index in [0.717, 1.165) is 25.3 Å². The monoisotopic (exact) mass is 568 g/mol. The zero-order valence-corrected chi connectivity index (χ0v) is 23.9. The van der Waals surface area contributed by atoms with Crippen LogP contribution in [0.4, 0.5) is 0 Å². The largest absolute Gasteiger partial charge is 0.507 e. The first-order chi connectivity index (χ1) is 19.1. The Morgan fingerprint density at radius 1 is 1.23 bits per heavy atom. The molecule has 0 amide bonds. The Morgan fingerprint density at radius 3 is 2.62 bits per heavy atom. The number of Topliss-reactive ketones (excluding diaryl/α,β-unsaturated/α-hetero) is 1. The molecule has 0 radical (unpaired) electrons. The minimum atomic E-state index is -1.35. The summed E-state index contributed by atoms with van der Waals surface area (Å²) in [6.45, 7) is 5.69. The number of thiocarbonyl (C=S) groups is 1. The number of unbranched alkanes of at least 4 members (excludes halogenated alkanes) is 1. The molecule has 0 bridgehead atoms. The van der Waals surface area contributed by atoms with Crippen molar-refractivity contribution >= 4 is 40.5 Å². The van der Waals surface area contributed by atoms with E-state index in [1.807, 2.05) is 26.0 Å². The van der Waals surface area contributed by atoms with E-state index in [1.54, 1.807) is 12.1 Å². The Morgan fingerprint density at radius 2 is 1.98 bits per heavy atom. The molecule has 0 saturated heterocycles. The molecule has 0 spiro atoms. The van der Waals surface area contributed by atoms with Crippen LogP contribution in [0.1, 0.15) is 85.8 Å². The summed E-state index contributed by atoms with van der Waals surface area (Å²) in [7, 11) is 0. The summed E-state index contributed by atoms with van der Waals surface area (Å²) in [6, 6.07) is 4.21. The van der Waals surface area contributed by atoms with Crippen LogP contribution in [0.3, 0.4) is 0 Å². The number of phenols is 1. The molecule has 8 nitrogen and oxygen atoms in total. The average molecular weight is 569 g/mol. The number of aliphatic hydroxyl groups excluding tert-OH is 1. The van der Waals surface area contributed by atoms with Gasteiger partial charge in [0.15, 0.2) is 11.2 Å². The first kappa shape index (κ1) is 31.0. The summed E-state index contributed by atoms with van der Waals surface area (Å²) < 4.78 is 11.4. The molecule has 3 N–H and O–H groups in total. The molecule has 40 heavy (non-hydrogen) atoms. The highest BCUT2D eigenvalue weighted by atomic mass is 32.1. The van der Waals surface area contributed by atoms with Gasteiger partial charge < -0.3 is 24.5 Å². The van der Waals surface area contributed by atoms with Gasteiger partial charge in [0.2, 0.25) is 5.76 Å². The average Bonchev–Trinajstić information content (AvgIpc) is 2.90. The zero-order valence-electron chi connectivity index (χ0n) is 23.1.